The average Bonchev–Trinajstić information content (AvgIpc) is 3.63. The van der Waals surface area contributed by atoms with Crippen molar-refractivity contribution in [3.8, 4) is 39.9 Å². The first-order chi connectivity index (χ1) is 23.4. The summed E-state index contributed by atoms with van der Waals surface area (Å²) in [6, 6.07) is 34.2. The maximum atomic E-state index is 6.62. The number of nitrogens with zero attached hydrogens (tertiary/aromatic N) is 4. The number of rotatable bonds is 10. The average molecular weight is 739 g/mol. The Bertz CT molecular complexity index is 2260. The zero-order chi connectivity index (χ0) is 33.4. The summed E-state index contributed by atoms with van der Waals surface area (Å²) in [6.45, 7) is 11.0. The summed E-state index contributed by atoms with van der Waals surface area (Å²) >= 11 is 0. The Kier molecular flexibility index (Phi) is 10.1. The topological polar surface area (TPSA) is 54.1 Å². The number of aryl methyl sites for hydroxylation is 4. The van der Waals surface area contributed by atoms with Crippen LogP contribution in [0.2, 0.25) is 0 Å². The van der Waals surface area contributed by atoms with E-state index in [0.29, 0.717) is 11.5 Å². The van der Waals surface area contributed by atoms with Crippen molar-refractivity contribution in [2.45, 2.75) is 60.3 Å². The predicted molar refractivity (Wildman–Crippen MR) is 194 cm³/mol. The molecule has 0 bridgehead atoms. The van der Waals surface area contributed by atoms with E-state index < -0.39 is 0 Å². The maximum absolute atomic E-state index is 6.62. The molecule has 0 saturated carbocycles. The molecule has 0 radical (unpaired) electrons. The third-order valence-corrected chi connectivity index (χ3v) is 9.07. The molecule has 7 rings (SSSR count). The Balaban J connectivity index is 0.00000417. The van der Waals surface area contributed by atoms with Gasteiger partial charge in [0, 0.05) is 40.5 Å². The Morgan fingerprint density at radius 3 is 2.31 bits per heavy atom. The van der Waals surface area contributed by atoms with E-state index in [0.717, 1.165) is 70.4 Å². The Morgan fingerprint density at radius 2 is 1.57 bits per heavy atom. The van der Waals surface area contributed by atoms with Gasteiger partial charge in [-0.1, -0.05) is 75.5 Å². The van der Waals surface area contributed by atoms with Crippen molar-refractivity contribution >= 4 is 21.8 Å². The van der Waals surface area contributed by atoms with Gasteiger partial charge in [-0.05, 0) is 66.6 Å². The second-order valence-corrected chi connectivity index (χ2v) is 12.2. The van der Waals surface area contributed by atoms with Gasteiger partial charge >= 0.3 is 20.4 Å². The van der Waals surface area contributed by atoms with Crippen LogP contribution in [0.4, 0.5) is 0 Å². The number of hydrogen-bond acceptors (Lipinski definition) is 4. The Morgan fingerprint density at radius 1 is 0.776 bits per heavy atom. The molecule has 0 fully saturated rings. The van der Waals surface area contributed by atoms with Gasteiger partial charge in [0.25, 0.3) is 0 Å². The van der Waals surface area contributed by atoms with E-state index in [1.807, 2.05) is 24.3 Å². The number of aromatic nitrogens is 4. The van der Waals surface area contributed by atoms with Crippen molar-refractivity contribution in [1.82, 2.24) is 19.3 Å². The summed E-state index contributed by atoms with van der Waals surface area (Å²) < 4.78 is 16.3. The zero-order valence-electron chi connectivity index (χ0n) is 28.8. The van der Waals surface area contributed by atoms with Crippen molar-refractivity contribution in [1.29, 1.82) is 0 Å². The molecule has 0 saturated heterocycles. The van der Waals surface area contributed by atoms with Crippen molar-refractivity contribution in [2.75, 3.05) is 7.11 Å². The SMILES string of the molecule is CCCc1cc(Oc2[c-]c3c(cc2)c2ccccc2n3-c2cc(OC)ccn2)[c-]c(-n2nc(CC)c(-c3c(C)cccc3C)c2CC)c1.[Pd+2]. The van der Waals surface area contributed by atoms with Gasteiger partial charge in [0.05, 0.1) is 12.8 Å². The molecule has 0 atom stereocenters. The normalized spacial score (nSPS) is 11.2. The number of hydrogen-bond donors (Lipinski definition) is 0. The van der Waals surface area contributed by atoms with Crippen LogP contribution >= 0.6 is 0 Å². The van der Waals surface area contributed by atoms with Crippen molar-refractivity contribution < 1.29 is 29.9 Å². The molecule has 0 aliphatic heterocycles. The van der Waals surface area contributed by atoms with Gasteiger partial charge in [-0.3, -0.25) is 4.68 Å². The minimum absolute atomic E-state index is 0. The van der Waals surface area contributed by atoms with Crippen LogP contribution in [-0.2, 0) is 39.7 Å². The quantitative estimate of drug-likeness (QED) is 0.104. The van der Waals surface area contributed by atoms with Crippen molar-refractivity contribution in [3.05, 3.63) is 125 Å². The number of fused-ring (bicyclic) bond motifs is 3. The van der Waals surface area contributed by atoms with Crippen LogP contribution in [0.25, 0.3) is 44.4 Å². The molecule has 6 nitrogen and oxygen atoms in total. The summed E-state index contributed by atoms with van der Waals surface area (Å²) in [5, 5.41) is 7.40. The fourth-order valence-corrected chi connectivity index (χ4v) is 6.90. The van der Waals surface area contributed by atoms with Gasteiger partial charge in [-0.2, -0.15) is 16.7 Å². The van der Waals surface area contributed by atoms with Gasteiger partial charge < -0.3 is 14.0 Å². The Labute approximate surface area is 302 Å². The summed E-state index contributed by atoms with van der Waals surface area (Å²) in [7, 11) is 1.67. The zero-order valence-corrected chi connectivity index (χ0v) is 30.4. The number of benzene rings is 4. The summed E-state index contributed by atoms with van der Waals surface area (Å²) in [5.74, 6) is 2.74. The molecule has 250 valence electrons. The Hall–Kier alpha value is -4.70. The fraction of sp³-hybridized carbons (Fsp3) is 0.238. The van der Waals surface area contributed by atoms with E-state index in [2.05, 4.69) is 111 Å². The minimum Gasteiger partial charge on any atom is -0.509 e. The van der Waals surface area contributed by atoms with E-state index >= 15 is 0 Å². The second kappa shape index (κ2) is 14.4. The molecule has 3 heterocycles. The van der Waals surface area contributed by atoms with Crippen LogP contribution in [0.15, 0.2) is 85.1 Å². The van der Waals surface area contributed by atoms with Crippen molar-refractivity contribution in [2.24, 2.45) is 0 Å². The van der Waals surface area contributed by atoms with Gasteiger partial charge in [0.2, 0.25) is 0 Å². The molecular weight excluding hydrogens is 699 g/mol. The maximum Gasteiger partial charge on any atom is 2.00 e. The van der Waals surface area contributed by atoms with Gasteiger partial charge in [0.15, 0.2) is 0 Å². The first-order valence-corrected chi connectivity index (χ1v) is 16.8. The van der Waals surface area contributed by atoms with Gasteiger partial charge in [-0.15, -0.1) is 35.7 Å². The van der Waals surface area contributed by atoms with E-state index in [1.165, 1.54) is 33.5 Å². The van der Waals surface area contributed by atoms with E-state index in [9.17, 15) is 0 Å². The van der Waals surface area contributed by atoms with Crippen LogP contribution < -0.4 is 9.47 Å². The molecule has 7 aromatic rings. The van der Waals surface area contributed by atoms with Gasteiger partial charge in [-0.25, -0.2) is 4.98 Å². The summed E-state index contributed by atoms with van der Waals surface area (Å²) in [6.07, 6.45) is 5.38. The monoisotopic (exact) mass is 738 g/mol. The first-order valence-electron chi connectivity index (χ1n) is 16.8. The van der Waals surface area contributed by atoms with Crippen LogP contribution in [0, 0.1) is 26.0 Å². The van der Waals surface area contributed by atoms with E-state index in [-0.39, 0.29) is 20.4 Å². The number of ether oxygens (including phenoxy) is 2. The fourth-order valence-electron chi connectivity index (χ4n) is 6.90. The molecule has 7 heteroatoms. The first kappa shape index (κ1) is 34.2. The number of pyridine rings is 1. The van der Waals surface area contributed by atoms with Gasteiger partial charge in [0.1, 0.15) is 11.6 Å². The summed E-state index contributed by atoms with van der Waals surface area (Å²) in [5.41, 5.74) is 11.3. The molecule has 0 amide bonds. The molecule has 0 aliphatic rings. The van der Waals surface area contributed by atoms with Crippen LogP contribution in [-0.4, -0.2) is 26.4 Å². The molecule has 4 aromatic carbocycles. The van der Waals surface area contributed by atoms with Crippen LogP contribution in [0.1, 0.15) is 55.3 Å². The summed E-state index contributed by atoms with van der Waals surface area (Å²) in [4.78, 5) is 4.69. The standard InChI is InChI=1S/C42H40N4O2.Pd/c1-7-13-29-22-30(46-37(9-3)42(36(8-2)44-46)41-27(4)14-12-15-28(41)5)24-33(23-29)48-32-18-19-35-34-16-10-11-17-38(34)45(39(35)25-32)40-26-31(47-6)20-21-43-40;/h10-12,14-23,26H,7-9,13H2,1-6H3;/q-2;+2. The second-order valence-electron chi connectivity index (χ2n) is 12.2. The van der Waals surface area contributed by atoms with Crippen LogP contribution in [0.3, 0.4) is 0 Å². The van der Waals surface area contributed by atoms with Crippen molar-refractivity contribution in [3.63, 3.8) is 0 Å². The molecule has 0 aliphatic carbocycles. The van der Waals surface area contributed by atoms with E-state index in [4.69, 9.17) is 19.6 Å². The molecule has 0 unspecified atom stereocenters. The third kappa shape index (κ3) is 6.30. The minimum atomic E-state index is 0. The molecule has 0 spiro atoms. The predicted octanol–water partition coefficient (Wildman–Crippen LogP) is 10.1. The third-order valence-electron chi connectivity index (χ3n) is 9.07. The number of methoxy groups -OCH3 is 1. The largest absolute Gasteiger partial charge is 2.00 e. The molecule has 49 heavy (non-hydrogen) atoms. The smallest absolute Gasteiger partial charge is 0.509 e. The molecule has 0 N–H and O–H groups in total. The van der Waals surface area contributed by atoms with Crippen LogP contribution in [0.5, 0.6) is 17.2 Å². The molecule has 3 aromatic heterocycles. The number of para-hydroxylation sites is 1. The van der Waals surface area contributed by atoms with E-state index in [1.54, 1.807) is 13.3 Å². The molecular formula is C42H40N4O2Pd.